The summed E-state index contributed by atoms with van der Waals surface area (Å²) in [4.78, 5) is 12.0. The summed E-state index contributed by atoms with van der Waals surface area (Å²) in [6.07, 6.45) is 2.71. The van der Waals surface area contributed by atoms with Gasteiger partial charge < -0.3 is 15.8 Å². The number of amides is 1. The van der Waals surface area contributed by atoms with Crippen molar-refractivity contribution in [2.45, 2.75) is 58.4 Å². The Balaban J connectivity index is 2.55. The summed E-state index contributed by atoms with van der Waals surface area (Å²) >= 11 is 0. The van der Waals surface area contributed by atoms with Gasteiger partial charge in [-0.1, -0.05) is 45.9 Å². The van der Waals surface area contributed by atoms with Crippen LogP contribution in [-0.2, 0) is 4.79 Å². The summed E-state index contributed by atoms with van der Waals surface area (Å²) in [6, 6.07) is 7.90. The van der Waals surface area contributed by atoms with E-state index in [1.165, 1.54) is 0 Å². The monoisotopic (exact) mass is 306 g/mol. The smallest absolute Gasteiger partial charge is 0.258 e. The van der Waals surface area contributed by atoms with Crippen LogP contribution in [0.2, 0.25) is 0 Å². The van der Waals surface area contributed by atoms with Crippen molar-refractivity contribution in [1.82, 2.24) is 5.32 Å². The van der Waals surface area contributed by atoms with Crippen LogP contribution in [0.15, 0.2) is 24.3 Å². The van der Waals surface area contributed by atoms with Crippen molar-refractivity contribution in [2.24, 2.45) is 5.73 Å². The molecule has 0 bridgehead atoms. The van der Waals surface area contributed by atoms with Crippen LogP contribution in [-0.4, -0.2) is 24.6 Å². The van der Waals surface area contributed by atoms with E-state index in [1.807, 2.05) is 32.0 Å². The van der Waals surface area contributed by atoms with Crippen molar-refractivity contribution in [3.05, 3.63) is 29.8 Å². The standard InChI is InChI=1S/C18H30N2O2/c1-5-14(4)15-10-8-9-11-16(15)22-12-17(21)20-13-18(19,6-2)7-3/h8-11,14H,5-7,12-13,19H2,1-4H3,(H,20,21). The first-order valence-corrected chi connectivity index (χ1v) is 8.23. The van der Waals surface area contributed by atoms with Gasteiger partial charge in [0.2, 0.25) is 0 Å². The Morgan fingerprint density at radius 3 is 2.50 bits per heavy atom. The van der Waals surface area contributed by atoms with Gasteiger partial charge in [-0.15, -0.1) is 0 Å². The van der Waals surface area contributed by atoms with Gasteiger partial charge in [0.15, 0.2) is 6.61 Å². The maximum absolute atomic E-state index is 12.0. The predicted octanol–water partition coefficient (Wildman–Crippen LogP) is 3.21. The molecule has 22 heavy (non-hydrogen) atoms. The third-order valence-electron chi connectivity index (χ3n) is 4.47. The van der Waals surface area contributed by atoms with Gasteiger partial charge in [-0.3, -0.25) is 4.79 Å². The molecule has 1 amide bonds. The summed E-state index contributed by atoms with van der Waals surface area (Å²) in [5.74, 6) is 1.07. The SMILES string of the molecule is CCC(C)c1ccccc1OCC(=O)NCC(N)(CC)CC. The lowest BCUT2D eigenvalue weighted by molar-refractivity contribution is -0.123. The van der Waals surface area contributed by atoms with Crippen LogP contribution in [0.5, 0.6) is 5.75 Å². The minimum Gasteiger partial charge on any atom is -0.483 e. The molecule has 1 atom stereocenters. The van der Waals surface area contributed by atoms with Gasteiger partial charge in [0.25, 0.3) is 5.91 Å². The summed E-state index contributed by atoms with van der Waals surface area (Å²) in [5.41, 5.74) is 7.00. The van der Waals surface area contributed by atoms with Gasteiger partial charge in [0.05, 0.1) is 0 Å². The Morgan fingerprint density at radius 1 is 1.27 bits per heavy atom. The fourth-order valence-corrected chi connectivity index (χ4v) is 2.21. The molecule has 1 aromatic carbocycles. The third-order valence-corrected chi connectivity index (χ3v) is 4.47. The Morgan fingerprint density at radius 2 is 1.91 bits per heavy atom. The van der Waals surface area contributed by atoms with Crippen LogP contribution in [0.4, 0.5) is 0 Å². The van der Waals surface area contributed by atoms with Gasteiger partial charge in [-0.25, -0.2) is 0 Å². The van der Waals surface area contributed by atoms with Crippen LogP contribution in [0.25, 0.3) is 0 Å². The Bertz CT molecular complexity index is 470. The fourth-order valence-electron chi connectivity index (χ4n) is 2.21. The van der Waals surface area contributed by atoms with Crippen molar-refractivity contribution in [3.63, 3.8) is 0 Å². The molecule has 0 saturated carbocycles. The largest absolute Gasteiger partial charge is 0.483 e. The maximum atomic E-state index is 12.0. The first kappa shape index (κ1) is 18.5. The first-order chi connectivity index (χ1) is 10.5. The van der Waals surface area contributed by atoms with Crippen molar-refractivity contribution in [1.29, 1.82) is 0 Å². The first-order valence-electron chi connectivity index (χ1n) is 8.23. The molecule has 0 aliphatic rings. The summed E-state index contributed by atoms with van der Waals surface area (Å²) in [6.45, 7) is 8.88. The number of carbonyl (C=O) groups is 1. The second-order valence-corrected chi connectivity index (χ2v) is 5.98. The predicted molar refractivity (Wildman–Crippen MR) is 91.2 cm³/mol. The average Bonchev–Trinajstić information content (AvgIpc) is 2.57. The van der Waals surface area contributed by atoms with E-state index in [0.29, 0.717) is 12.5 Å². The zero-order chi connectivity index (χ0) is 16.6. The highest BCUT2D eigenvalue weighted by molar-refractivity contribution is 5.77. The van der Waals surface area contributed by atoms with Crippen LogP contribution in [0.1, 0.15) is 58.4 Å². The van der Waals surface area contributed by atoms with Crippen molar-refractivity contribution < 1.29 is 9.53 Å². The molecule has 4 heteroatoms. The topological polar surface area (TPSA) is 64.3 Å². The highest BCUT2D eigenvalue weighted by atomic mass is 16.5. The minimum absolute atomic E-state index is 0.0248. The number of hydrogen-bond acceptors (Lipinski definition) is 3. The number of benzene rings is 1. The van der Waals surface area contributed by atoms with Gasteiger partial charge in [0, 0.05) is 12.1 Å². The number of rotatable bonds is 9. The van der Waals surface area contributed by atoms with Crippen molar-refractivity contribution in [2.75, 3.05) is 13.2 Å². The maximum Gasteiger partial charge on any atom is 0.258 e. The third kappa shape index (κ3) is 5.34. The van der Waals surface area contributed by atoms with Crippen LogP contribution in [0, 0.1) is 0 Å². The molecule has 0 aliphatic heterocycles. The molecule has 1 rings (SSSR count). The number of nitrogens with two attached hydrogens (primary N) is 1. The quantitative estimate of drug-likeness (QED) is 0.736. The minimum atomic E-state index is -0.329. The Hall–Kier alpha value is -1.55. The molecule has 124 valence electrons. The molecule has 0 saturated heterocycles. The fraction of sp³-hybridized carbons (Fsp3) is 0.611. The summed E-state index contributed by atoms with van der Waals surface area (Å²) < 4.78 is 5.70. The van der Waals surface area contributed by atoms with E-state index in [4.69, 9.17) is 10.5 Å². The molecule has 4 nitrogen and oxygen atoms in total. The van der Waals surface area contributed by atoms with Gasteiger partial charge in [-0.05, 0) is 36.8 Å². The van der Waals surface area contributed by atoms with Crippen molar-refractivity contribution in [3.8, 4) is 5.75 Å². The van der Waals surface area contributed by atoms with E-state index in [9.17, 15) is 4.79 Å². The molecular weight excluding hydrogens is 276 g/mol. The number of ether oxygens (including phenoxy) is 1. The normalized spacial score (nSPS) is 12.8. The zero-order valence-corrected chi connectivity index (χ0v) is 14.3. The Kier molecular flexibility index (Phi) is 7.39. The molecule has 0 aromatic heterocycles. The summed E-state index contributed by atoms with van der Waals surface area (Å²) in [7, 11) is 0. The molecule has 3 N–H and O–H groups in total. The average molecular weight is 306 g/mol. The lowest BCUT2D eigenvalue weighted by atomic mass is 9.94. The molecule has 1 aromatic rings. The van der Waals surface area contributed by atoms with E-state index < -0.39 is 0 Å². The zero-order valence-electron chi connectivity index (χ0n) is 14.3. The van der Waals surface area contributed by atoms with Crippen LogP contribution < -0.4 is 15.8 Å². The number of para-hydroxylation sites is 1. The van der Waals surface area contributed by atoms with E-state index >= 15 is 0 Å². The summed E-state index contributed by atoms with van der Waals surface area (Å²) in [5, 5.41) is 2.87. The molecular formula is C18H30N2O2. The van der Waals surface area contributed by atoms with E-state index in [0.717, 1.165) is 30.6 Å². The molecule has 1 unspecified atom stereocenters. The highest BCUT2D eigenvalue weighted by Crippen LogP contribution is 2.28. The second kappa shape index (κ2) is 8.79. The second-order valence-electron chi connectivity index (χ2n) is 5.98. The van der Waals surface area contributed by atoms with Gasteiger partial charge in [-0.2, -0.15) is 0 Å². The number of nitrogens with one attached hydrogen (secondary N) is 1. The van der Waals surface area contributed by atoms with Crippen molar-refractivity contribution >= 4 is 5.91 Å². The Labute approximate surface area is 134 Å². The lowest BCUT2D eigenvalue weighted by Gasteiger charge is -2.26. The lowest BCUT2D eigenvalue weighted by Crippen LogP contribution is -2.50. The van der Waals surface area contributed by atoms with E-state index in [2.05, 4.69) is 25.2 Å². The van der Waals surface area contributed by atoms with Gasteiger partial charge >= 0.3 is 0 Å². The van der Waals surface area contributed by atoms with Gasteiger partial charge in [0.1, 0.15) is 5.75 Å². The molecule has 0 aliphatic carbocycles. The molecule has 0 spiro atoms. The number of carbonyl (C=O) groups excluding carboxylic acids is 1. The molecule has 0 radical (unpaired) electrons. The highest BCUT2D eigenvalue weighted by Gasteiger charge is 2.21. The molecule has 0 heterocycles. The van der Waals surface area contributed by atoms with Crippen LogP contribution >= 0.6 is 0 Å². The van der Waals surface area contributed by atoms with Crippen LogP contribution in [0.3, 0.4) is 0 Å². The number of hydrogen-bond donors (Lipinski definition) is 2. The van der Waals surface area contributed by atoms with E-state index in [1.54, 1.807) is 0 Å². The van der Waals surface area contributed by atoms with E-state index in [-0.39, 0.29) is 18.1 Å². The molecule has 0 fully saturated rings.